The molecule has 2 atom stereocenters. The van der Waals surface area contributed by atoms with Crippen LogP contribution in [0.2, 0.25) is 16.6 Å². The van der Waals surface area contributed by atoms with Crippen molar-refractivity contribution in [1.29, 1.82) is 0 Å². The molecule has 2 aromatic rings. The van der Waals surface area contributed by atoms with Crippen LogP contribution < -0.4 is 0 Å². The summed E-state index contributed by atoms with van der Waals surface area (Å²) in [5, 5.41) is 6.13. The Labute approximate surface area is 208 Å². The van der Waals surface area contributed by atoms with Crippen molar-refractivity contribution < 1.29 is 14.0 Å². The molecule has 0 amide bonds. The molecule has 2 aromatic heterocycles. The topological polar surface area (TPSA) is 61.3 Å². The highest BCUT2D eigenvalue weighted by Gasteiger charge is 2.47. The van der Waals surface area contributed by atoms with Gasteiger partial charge in [-0.2, -0.15) is 0 Å². The van der Waals surface area contributed by atoms with Crippen molar-refractivity contribution in [2.24, 2.45) is 5.92 Å². The number of esters is 1. The number of carbonyl (C=O) groups excluding carboxylic acids is 1. The third-order valence-corrected chi connectivity index (χ3v) is 14.4. The van der Waals surface area contributed by atoms with Crippen LogP contribution in [0, 0.1) is 5.92 Å². The van der Waals surface area contributed by atoms with E-state index < -0.39 is 14.2 Å². The summed E-state index contributed by atoms with van der Waals surface area (Å²) < 4.78 is 12.0. The minimum atomic E-state index is -2.19. The van der Waals surface area contributed by atoms with E-state index >= 15 is 0 Å². The number of thiazole rings is 2. The molecule has 0 unspecified atom stereocenters. The van der Waals surface area contributed by atoms with E-state index in [1.807, 2.05) is 24.5 Å². The Morgan fingerprint density at radius 3 is 2.03 bits per heavy atom. The fraction of sp³-hybridized carbons (Fsp3) is 0.640. The van der Waals surface area contributed by atoms with Gasteiger partial charge in [0, 0.05) is 16.7 Å². The molecule has 0 N–H and O–H groups in total. The van der Waals surface area contributed by atoms with E-state index in [-0.39, 0.29) is 12.1 Å². The molecular weight excluding hydrogens is 469 g/mol. The molecule has 0 aliphatic rings. The summed E-state index contributed by atoms with van der Waals surface area (Å²) in [7, 11) is -0.757. The van der Waals surface area contributed by atoms with Gasteiger partial charge in [-0.15, -0.1) is 22.7 Å². The fourth-order valence-electron chi connectivity index (χ4n) is 4.60. The van der Waals surface area contributed by atoms with Gasteiger partial charge in [-0.3, -0.25) is 4.79 Å². The molecule has 0 bridgehead atoms. The Kier molecular flexibility index (Phi) is 10.0. The summed E-state index contributed by atoms with van der Waals surface area (Å²) in [6.45, 7) is 19.7. The van der Waals surface area contributed by atoms with Crippen LogP contribution in [0.5, 0.6) is 0 Å². The lowest BCUT2D eigenvalue weighted by Gasteiger charge is -2.45. The Morgan fingerprint density at radius 1 is 0.939 bits per heavy atom. The normalized spacial score (nSPS) is 14.7. The van der Waals surface area contributed by atoms with E-state index in [2.05, 4.69) is 60.8 Å². The molecule has 33 heavy (non-hydrogen) atoms. The summed E-state index contributed by atoms with van der Waals surface area (Å²) in [6, 6.07) is 0. The van der Waals surface area contributed by atoms with Gasteiger partial charge in [0.1, 0.15) is 10.7 Å². The van der Waals surface area contributed by atoms with Gasteiger partial charge < -0.3 is 9.16 Å². The number of carbonyl (C=O) groups is 1. The highest BCUT2D eigenvalue weighted by molar-refractivity contribution is 7.14. The van der Waals surface area contributed by atoms with Gasteiger partial charge in [-0.05, 0) is 29.6 Å². The van der Waals surface area contributed by atoms with E-state index in [0.717, 1.165) is 21.4 Å². The van der Waals surface area contributed by atoms with Crippen LogP contribution in [0.4, 0.5) is 0 Å². The molecule has 8 heteroatoms. The van der Waals surface area contributed by atoms with Gasteiger partial charge in [0.15, 0.2) is 0 Å². The Bertz CT molecular complexity index is 912. The summed E-state index contributed by atoms with van der Waals surface area (Å²) >= 11 is 3.26. The monoisotopic (exact) mass is 508 g/mol. The van der Waals surface area contributed by atoms with Crippen LogP contribution in [0.1, 0.15) is 78.9 Å². The summed E-state index contributed by atoms with van der Waals surface area (Å²) in [6.07, 6.45) is 3.60. The zero-order valence-corrected chi connectivity index (χ0v) is 24.3. The second-order valence-electron chi connectivity index (χ2n) is 9.87. The lowest BCUT2D eigenvalue weighted by molar-refractivity contribution is -0.147. The average Bonchev–Trinajstić information content (AvgIpc) is 3.41. The zero-order valence-electron chi connectivity index (χ0n) is 21.7. The molecule has 0 aliphatic carbocycles. The molecule has 0 fully saturated rings. The average molecular weight is 509 g/mol. The molecule has 0 saturated carbocycles. The van der Waals surface area contributed by atoms with Gasteiger partial charge in [-0.1, -0.05) is 61.5 Å². The number of rotatable bonds is 11. The molecule has 0 aliphatic heterocycles. The second-order valence-corrected chi connectivity index (χ2v) is 17.0. The molecule has 5 nitrogen and oxygen atoms in total. The predicted octanol–water partition coefficient (Wildman–Crippen LogP) is 7.77. The highest BCUT2D eigenvalue weighted by Crippen LogP contribution is 2.44. The molecule has 184 valence electrons. The zero-order chi connectivity index (χ0) is 24.9. The van der Waals surface area contributed by atoms with E-state index in [9.17, 15) is 4.79 Å². The van der Waals surface area contributed by atoms with Crippen molar-refractivity contribution >= 4 is 43.0 Å². The fourth-order valence-corrected chi connectivity index (χ4v) is 11.8. The van der Waals surface area contributed by atoms with Crippen LogP contribution in [0.25, 0.3) is 16.8 Å². The standard InChI is InChI=1S/C25H40N2O3S2Si/c1-15(2)23-27-21(14-32-23)24-26-20(13-31-24)11-12-22(19(9)25(28)29-10)30-33(16(3)4,17(5)6)18(7)8/h11-19,22H,1-10H3/b12-11+/t19-,22+/m1/s1. The first-order chi connectivity index (χ1) is 15.4. The van der Waals surface area contributed by atoms with Crippen molar-refractivity contribution in [1.82, 2.24) is 9.97 Å². The Balaban J connectivity index is 2.35. The van der Waals surface area contributed by atoms with Crippen molar-refractivity contribution in [3.63, 3.8) is 0 Å². The van der Waals surface area contributed by atoms with Crippen molar-refractivity contribution in [3.8, 4) is 10.7 Å². The third kappa shape index (κ3) is 6.41. The third-order valence-electron chi connectivity index (χ3n) is 6.33. The van der Waals surface area contributed by atoms with Crippen LogP contribution in [-0.2, 0) is 14.0 Å². The molecule has 2 heterocycles. The smallest absolute Gasteiger partial charge is 0.311 e. The number of aromatic nitrogens is 2. The van der Waals surface area contributed by atoms with E-state index in [0.29, 0.717) is 22.5 Å². The van der Waals surface area contributed by atoms with Crippen LogP contribution >= 0.6 is 22.7 Å². The first-order valence-electron chi connectivity index (χ1n) is 11.8. The van der Waals surface area contributed by atoms with Gasteiger partial charge in [0.25, 0.3) is 0 Å². The SMILES string of the molecule is COC(=O)[C@H](C)[C@H](/C=C/c1csc(-c2csc(C(C)C)n2)n1)O[Si](C(C)C)(C(C)C)C(C)C. The molecule has 0 aromatic carbocycles. The molecular formula is C25H40N2O3S2Si. The molecule has 0 spiro atoms. The largest absolute Gasteiger partial charge is 0.469 e. The van der Waals surface area contributed by atoms with Gasteiger partial charge >= 0.3 is 5.97 Å². The van der Waals surface area contributed by atoms with E-state index in [1.54, 1.807) is 22.7 Å². The summed E-state index contributed by atoms with van der Waals surface area (Å²) in [4.78, 5) is 22.0. The number of nitrogens with zero attached hydrogens (tertiary/aromatic N) is 2. The van der Waals surface area contributed by atoms with Crippen LogP contribution in [0.15, 0.2) is 16.8 Å². The molecule has 0 saturated heterocycles. The van der Waals surface area contributed by atoms with Gasteiger partial charge in [0.05, 0.1) is 29.8 Å². The van der Waals surface area contributed by atoms with Crippen molar-refractivity contribution in [2.75, 3.05) is 7.11 Å². The number of methoxy groups -OCH3 is 1. The minimum Gasteiger partial charge on any atom is -0.469 e. The molecule has 0 radical (unpaired) electrons. The number of ether oxygens (including phenoxy) is 1. The lowest BCUT2D eigenvalue weighted by atomic mass is 10.0. The number of hydrogen-bond donors (Lipinski definition) is 0. The van der Waals surface area contributed by atoms with Crippen LogP contribution in [-0.4, -0.2) is 37.5 Å². The van der Waals surface area contributed by atoms with Gasteiger partial charge in [-0.25, -0.2) is 9.97 Å². The summed E-state index contributed by atoms with van der Waals surface area (Å²) in [5.41, 5.74) is 3.04. The maximum Gasteiger partial charge on any atom is 0.311 e. The minimum absolute atomic E-state index is 0.258. The highest BCUT2D eigenvalue weighted by atomic mass is 32.1. The maximum absolute atomic E-state index is 12.5. The van der Waals surface area contributed by atoms with Gasteiger partial charge in [0.2, 0.25) is 8.32 Å². The quantitative estimate of drug-likeness (QED) is 0.229. The van der Waals surface area contributed by atoms with E-state index in [1.165, 1.54) is 7.11 Å². The summed E-state index contributed by atoms with van der Waals surface area (Å²) in [5.74, 6) is -0.251. The van der Waals surface area contributed by atoms with Crippen molar-refractivity contribution in [3.05, 3.63) is 27.5 Å². The maximum atomic E-state index is 12.5. The predicted molar refractivity (Wildman–Crippen MR) is 143 cm³/mol. The van der Waals surface area contributed by atoms with E-state index in [4.69, 9.17) is 19.1 Å². The first-order valence-corrected chi connectivity index (χ1v) is 15.7. The lowest BCUT2D eigenvalue weighted by Crippen LogP contribution is -2.51. The first kappa shape index (κ1) is 27.9. The Hall–Kier alpha value is -1.35. The van der Waals surface area contributed by atoms with Crippen LogP contribution in [0.3, 0.4) is 0 Å². The Morgan fingerprint density at radius 2 is 1.55 bits per heavy atom. The molecule has 2 rings (SSSR count). The van der Waals surface area contributed by atoms with Crippen molar-refractivity contribution in [2.45, 2.75) is 91.0 Å². The number of hydrogen-bond acceptors (Lipinski definition) is 7. The second kappa shape index (κ2) is 11.9.